The Balaban J connectivity index is 2.02. The number of aryl methyl sites for hydroxylation is 3. The number of hydrogen-bond donors (Lipinski definition) is 0. The van der Waals surface area contributed by atoms with Gasteiger partial charge in [-0.1, -0.05) is 18.2 Å². The van der Waals surface area contributed by atoms with Gasteiger partial charge < -0.3 is 0 Å². The number of fused-ring (bicyclic) bond motifs is 2. The molecule has 3 heteroatoms. The highest BCUT2D eigenvalue weighted by Crippen LogP contribution is 2.27. The lowest BCUT2D eigenvalue weighted by atomic mass is 10.1. The summed E-state index contributed by atoms with van der Waals surface area (Å²) in [4.78, 5) is 4.85. The SMILES string of the molecule is Cc1nn(-c2ccccc2)c2nc3c(cc12)CCC3. The van der Waals surface area contributed by atoms with Gasteiger partial charge in [0.2, 0.25) is 0 Å². The fourth-order valence-corrected chi connectivity index (χ4v) is 2.89. The van der Waals surface area contributed by atoms with Crippen molar-refractivity contribution in [1.82, 2.24) is 14.8 Å². The van der Waals surface area contributed by atoms with Gasteiger partial charge in [-0.25, -0.2) is 9.67 Å². The summed E-state index contributed by atoms with van der Waals surface area (Å²) in [5.41, 5.74) is 5.78. The van der Waals surface area contributed by atoms with Crippen LogP contribution in [0.25, 0.3) is 16.7 Å². The van der Waals surface area contributed by atoms with E-state index in [9.17, 15) is 0 Å². The summed E-state index contributed by atoms with van der Waals surface area (Å²) in [6.45, 7) is 2.06. The molecule has 0 saturated heterocycles. The van der Waals surface area contributed by atoms with Crippen LogP contribution in [-0.4, -0.2) is 14.8 Å². The molecule has 0 N–H and O–H groups in total. The van der Waals surface area contributed by atoms with Crippen LogP contribution in [0.3, 0.4) is 0 Å². The number of rotatable bonds is 1. The van der Waals surface area contributed by atoms with Crippen molar-refractivity contribution in [2.45, 2.75) is 26.2 Å². The first-order valence-electron chi connectivity index (χ1n) is 6.76. The van der Waals surface area contributed by atoms with E-state index in [1.54, 1.807) is 0 Å². The molecule has 0 radical (unpaired) electrons. The van der Waals surface area contributed by atoms with Crippen molar-refractivity contribution in [3.8, 4) is 5.69 Å². The first-order valence-corrected chi connectivity index (χ1v) is 6.76. The second kappa shape index (κ2) is 3.92. The molecule has 1 aliphatic rings. The van der Waals surface area contributed by atoms with Crippen molar-refractivity contribution in [3.63, 3.8) is 0 Å². The predicted octanol–water partition coefficient (Wildman–Crippen LogP) is 3.22. The Morgan fingerprint density at radius 1 is 1.11 bits per heavy atom. The van der Waals surface area contributed by atoms with Crippen molar-refractivity contribution in [1.29, 1.82) is 0 Å². The lowest BCUT2D eigenvalue weighted by molar-refractivity contribution is 0.866. The maximum absolute atomic E-state index is 4.85. The molecule has 19 heavy (non-hydrogen) atoms. The highest BCUT2D eigenvalue weighted by atomic mass is 15.3. The maximum Gasteiger partial charge on any atom is 0.163 e. The van der Waals surface area contributed by atoms with E-state index >= 15 is 0 Å². The second-order valence-corrected chi connectivity index (χ2v) is 5.15. The van der Waals surface area contributed by atoms with E-state index in [4.69, 9.17) is 4.98 Å². The van der Waals surface area contributed by atoms with Gasteiger partial charge in [0, 0.05) is 11.1 Å². The monoisotopic (exact) mass is 249 g/mol. The number of pyridine rings is 1. The zero-order valence-electron chi connectivity index (χ0n) is 10.9. The average Bonchev–Trinajstić information content (AvgIpc) is 3.02. The van der Waals surface area contributed by atoms with Crippen molar-refractivity contribution < 1.29 is 0 Å². The molecule has 0 saturated carbocycles. The van der Waals surface area contributed by atoms with Gasteiger partial charge in [0.25, 0.3) is 0 Å². The molecular formula is C16H15N3. The first-order chi connectivity index (χ1) is 9.33. The molecule has 4 rings (SSSR count). The molecule has 2 aromatic heterocycles. The minimum Gasteiger partial charge on any atom is -0.233 e. The first kappa shape index (κ1) is 10.7. The summed E-state index contributed by atoms with van der Waals surface area (Å²) in [6, 6.07) is 12.5. The van der Waals surface area contributed by atoms with Crippen LogP contribution in [0.4, 0.5) is 0 Å². The summed E-state index contributed by atoms with van der Waals surface area (Å²) in [5, 5.41) is 5.84. The zero-order valence-corrected chi connectivity index (χ0v) is 10.9. The molecule has 0 unspecified atom stereocenters. The minimum atomic E-state index is 0.990. The van der Waals surface area contributed by atoms with Gasteiger partial charge in [-0.2, -0.15) is 5.10 Å². The molecule has 3 nitrogen and oxygen atoms in total. The molecular weight excluding hydrogens is 234 g/mol. The maximum atomic E-state index is 4.85. The van der Waals surface area contributed by atoms with Crippen LogP contribution in [0.15, 0.2) is 36.4 Å². The van der Waals surface area contributed by atoms with Crippen molar-refractivity contribution in [3.05, 3.63) is 53.3 Å². The van der Waals surface area contributed by atoms with E-state index in [0.29, 0.717) is 0 Å². The Hall–Kier alpha value is -2.16. The molecule has 94 valence electrons. The van der Waals surface area contributed by atoms with Gasteiger partial charge in [-0.05, 0) is 49.9 Å². The largest absolute Gasteiger partial charge is 0.233 e. The summed E-state index contributed by atoms with van der Waals surface area (Å²) < 4.78 is 1.96. The third-order valence-electron chi connectivity index (χ3n) is 3.87. The molecule has 2 heterocycles. The molecule has 1 aliphatic carbocycles. The molecule has 0 spiro atoms. The molecule has 0 fully saturated rings. The van der Waals surface area contributed by atoms with Gasteiger partial charge >= 0.3 is 0 Å². The quantitative estimate of drug-likeness (QED) is 0.663. The number of para-hydroxylation sites is 1. The third kappa shape index (κ3) is 1.58. The second-order valence-electron chi connectivity index (χ2n) is 5.15. The Labute approximate surface area is 111 Å². The van der Waals surface area contributed by atoms with Gasteiger partial charge in [0.15, 0.2) is 5.65 Å². The highest BCUT2D eigenvalue weighted by Gasteiger charge is 2.17. The Kier molecular flexibility index (Phi) is 2.21. The smallest absolute Gasteiger partial charge is 0.163 e. The van der Waals surface area contributed by atoms with E-state index < -0.39 is 0 Å². The zero-order chi connectivity index (χ0) is 12.8. The topological polar surface area (TPSA) is 30.7 Å². The van der Waals surface area contributed by atoms with Crippen LogP contribution in [0.2, 0.25) is 0 Å². The van der Waals surface area contributed by atoms with Crippen LogP contribution in [-0.2, 0) is 12.8 Å². The Bertz CT molecular complexity index is 757. The van der Waals surface area contributed by atoms with E-state index in [-0.39, 0.29) is 0 Å². The van der Waals surface area contributed by atoms with Crippen LogP contribution in [0.1, 0.15) is 23.4 Å². The standard InChI is InChI=1S/C16H15N3/c1-11-14-10-12-6-5-9-15(12)17-16(14)19(18-11)13-7-3-2-4-8-13/h2-4,7-8,10H,5-6,9H2,1H3. The number of aromatic nitrogens is 3. The van der Waals surface area contributed by atoms with Crippen molar-refractivity contribution in [2.24, 2.45) is 0 Å². The third-order valence-corrected chi connectivity index (χ3v) is 3.87. The molecule has 3 aromatic rings. The lowest BCUT2D eigenvalue weighted by Crippen LogP contribution is -1.99. The molecule has 0 aliphatic heterocycles. The van der Waals surface area contributed by atoms with Gasteiger partial charge in [0.05, 0.1) is 11.4 Å². The molecule has 0 bridgehead atoms. The van der Waals surface area contributed by atoms with Crippen molar-refractivity contribution >= 4 is 11.0 Å². The average molecular weight is 249 g/mol. The summed E-state index contributed by atoms with van der Waals surface area (Å²) in [7, 11) is 0. The number of hydrogen-bond acceptors (Lipinski definition) is 2. The van der Waals surface area contributed by atoms with Gasteiger partial charge in [-0.15, -0.1) is 0 Å². The van der Waals surface area contributed by atoms with E-state index in [1.807, 2.05) is 22.9 Å². The molecule has 1 aromatic carbocycles. The van der Waals surface area contributed by atoms with Crippen LogP contribution < -0.4 is 0 Å². The molecule has 0 amide bonds. The predicted molar refractivity (Wildman–Crippen MR) is 75.6 cm³/mol. The highest BCUT2D eigenvalue weighted by molar-refractivity contribution is 5.81. The number of nitrogens with zero attached hydrogens (tertiary/aromatic N) is 3. The minimum absolute atomic E-state index is 0.990. The fraction of sp³-hybridized carbons (Fsp3) is 0.250. The van der Waals surface area contributed by atoms with Gasteiger partial charge in [0.1, 0.15) is 0 Å². The van der Waals surface area contributed by atoms with E-state index in [1.165, 1.54) is 23.1 Å². The molecule has 0 atom stereocenters. The van der Waals surface area contributed by atoms with Crippen LogP contribution in [0.5, 0.6) is 0 Å². The van der Waals surface area contributed by atoms with Crippen LogP contribution in [0, 0.1) is 6.92 Å². The summed E-state index contributed by atoms with van der Waals surface area (Å²) >= 11 is 0. The van der Waals surface area contributed by atoms with Crippen molar-refractivity contribution in [2.75, 3.05) is 0 Å². The normalized spacial score (nSPS) is 13.9. The van der Waals surface area contributed by atoms with E-state index in [0.717, 1.165) is 29.9 Å². The fourth-order valence-electron chi connectivity index (χ4n) is 2.89. The van der Waals surface area contributed by atoms with E-state index in [2.05, 4.69) is 30.2 Å². The number of benzene rings is 1. The Morgan fingerprint density at radius 2 is 1.95 bits per heavy atom. The summed E-state index contributed by atoms with van der Waals surface area (Å²) in [5.74, 6) is 0. The summed E-state index contributed by atoms with van der Waals surface area (Å²) in [6.07, 6.45) is 3.49. The Morgan fingerprint density at radius 3 is 2.79 bits per heavy atom. The lowest BCUT2D eigenvalue weighted by Gasteiger charge is -2.04. The van der Waals surface area contributed by atoms with Gasteiger partial charge in [-0.3, -0.25) is 0 Å². The van der Waals surface area contributed by atoms with Crippen LogP contribution >= 0.6 is 0 Å².